The number of anilines is 1. The molecule has 20 heavy (non-hydrogen) atoms. The molecule has 1 aromatic carbocycles. The van der Waals surface area contributed by atoms with Crippen molar-refractivity contribution >= 4 is 11.6 Å². The van der Waals surface area contributed by atoms with E-state index in [2.05, 4.69) is 15.5 Å². The van der Waals surface area contributed by atoms with E-state index in [-0.39, 0.29) is 11.9 Å². The maximum atomic E-state index is 12.3. The number of amides is 1. The molecule has 0 saturated carbocycles. The third-order valence-corrected chi connectivity index (χ3v) is 3.91. The van der Waals surface area contributed by atoms with Gasteiger partial charge in [0.2, 0.25) is 5.91 Å². The van der Waals surface area contributed by atoms with Gasteiger partial charge in [-0.3, -0.25) is 9.69 Å². The van der Waals surface area contributed by atoms with E-state index in [9.17, 15) is 4.79 Å². The Labute approximate surface area is 115 Å². The average Bonchev–Trinajstić information content (AvgIpc) is 2.97. The molecular weight excluding hydrogens is 258 g/mol. The van der Waals surface area contributed by atoms with Crippen LogP contribution in [0.25, 0.3) is 5.69 Å². The van der Waals surface area contributed by atoms with Gasteiger partial charge in [0.1, 0.15) is 5.75 Å². The molecule has 7 nitrogen and oxygen atoms in total. The van der Waals surface area contributed by atoms with E-state index < -0.39 is 0 Å². The second kappa shape index (κ2) is 4.03. The van der Waals surface area contributed by atoms with Gasteiger partial charge in [-0.15, -0.1) is 5.10 Å². The highest BCUT2D eigenvalue weighted by atomic mass is 16.5. The number of carbonyl (C=O) groups excluding carboxylic acids is 1. The lowest BCUT2D eigenvalue weighted by Crippen LogP contribution is -2.42. The first-order chi connectivity index (χ1) is 9.79. The molecule has 0 unspecified atom stereocenters. The number of fused-ring (bicyclic) bond motifs is 6. The van der Waals surface area contributed by atoms with Crippen LogP contribution >= 0.6 is 0 Å². The number of hydrogen-bond acceptors (Lipinski definition) is 5. The predicted octanol–water partition coefficient (Wildman–Crippen LogP) is 1.24. The van der Waals surface area contributed by atoms with Crippen LogP contribution in [0.5, 0.6) is 5.75 Å². The lowest BCUT2D eigenvalue weighted by Gasteiger charge is -2.38. The van der Waals surface area contributed by atoms with Crippen LogP contribution in [0.15, 0.2) is 18.2 Å². The van der Waals surface area contributed by atoms with Crippen LogP contribution in [0.4, 0.5) is 5.69 Å². The van der Waals surface area contributed by atoms with Crippen molar-refractivity contribution in [3.8, 4) is 11.4 Å². The fourth-order valence-electron chi connectivity index (χ4n) is 2.99. The standard InChI is InChI=1S/C13H13N5O2/c1-20-8-5-6-9-11(7-8)18-13(14-15-16-18)10-3-2-4-12(19)17(9)10/h5-7,10H,2-4H2,1H3/t10-/m0/s1. The summed E-state index contributed by atoms with van der Waals surface area (Å²) in [4.78, 5) is 14.1. The Morgan fingerprint density at radius 2 is 2.25 bits per heavy atom. The summed E-state index contributed by atoms with van der Waals surface area (Å²) in [6.07, 6.45) is 2.33. The number of ether oxygens (including phenoxy) is 1. The summed E-state index contributed by atoms with van der Waals surface area (Å²) in [5, 5.41) is 11.9. The summed E-state index contributed by atoms with van der Waals surface area (Å²) in [7, 11) is 1.61. The van der Waals surface area contributed by atoms with Crippen LogP contribution in [0.1, 0.15) is 31.1 Å². The average molecular weight is 271 g/mol. The van der Waals surface area contributed by atoms with Gasteiger partial charge >= 0.3 is 0 Å². The fourth-order valence-corrected chi connectivity index (χ4v) is 2.99. The molecule has 2 aliphatic rings. The van der Waals surface area contributed by atoms with Gasteiger partial charge in [0.25, 0.3) is 0 Å². The van der Waals surface area contributed by atoms with Crippen molar-refractivity contribution in [3.05, 3.63) is 24.0 Å². The molecule has 2 aromatic rings. The first kappa shape index (κ1) is 11.4. The lowest BCUT2D eigenvalue weighted by atomic mass is 9.97. The third-order valence-electron chi connectivity index (χ3n) is 3.91. The maximum Gasteiger partial charge on any atom is 0.227 e. The van der Waals surface area contributed by atoms with Crippen molar-refractivity contribution in [3.63, 3.8) is 0 Å². The molecule has 1 atom stereocenters. The Kier molecular flexibility index (Phi) is 2.29. The first-order valence-electron chi connectivity index (χ1n) is 6.58. The number of rotatable bonds is 1. The molecule has 2 aliphatic heterocycles. The second-order valence-electron chi connectivity index (χ2n) is 4.98. The number of aromatic nitrogens is 4. The summed E-state index contributed by atoms with van der Waals surface area (Å²) in [6, 6.07) is 5.54. The van der Waals surface area contributed by atoms with Crippen molar-refractivity contribution in [2.75, 3.05) is 12.0 Å². The number of tetrazole rings is 1. The SMILES string of the molecule is COc1ccc2c(c1)-n1nnnc1[C@@H]1CCCC(=O)N21. The minimum absolute atomic E-state index is 0.0628. The van der Waals surface area contributed by atoms with Crippen LogP contribution < -0.4 is 9.64 Å². The summed E-state index contributed by atoms with van der Waals surface area (Å²) >= 11 is 0. The number of methoxy groups -OCH3 is 1. The molecule has 1 saturated heterocycles. The Bertz CT molecular complexity index is 696. The minimum atomic E-state index is -0.0628. The molecule has 0 N–H and O–H groups in total. The van der Waals surface area contributed by atoms with E-state index in [4.69, 9.17) is 4.74 Å². The molecule has 0 bridgehead atoms. The number of benzene rings is 1. The molecule has 102 valence electrons. The van der Waals surface area contributed by atoms with E-state index in [1.807, 2.05) is 23.1 Å². The zero-order valence-corrected chi connectivity index (χ0v) is 11.0. The van der Waals surface area contributed by atoms with Crippen molar-refractivity contribution in [2.45, 2.75) is 25.3 Å². The van der Waals surface area contributed by atoms with E-state index >= 15 is 0 Å². The molecule has 1 amide bonds. The van der Waals surface area contributed by atoms with Gasteiger partial charge in [-0.1, -0.05) is 0 Å². The van der Waals surface area contributed by atoms with Crippen LogP contribution in [-0.2, 0) is 4.79 Å². The highest BCUT2D eigenvalue weighted by molar-refractivity contribution is 5.97. The third kappa shape index (κ3) is 1.40. The van der Waals surface area contributed by atoms with Crippen LogP contribution in [0.2, 0.25) is 0 Å². The molecule has 1 fully saturated rings. The van der Waals surface area contributed by atoms with Gasteiger partial charge < -0.3 is 4.74 Å². The number of nitrogens with zero attached hydrogens (tertiary/aromatic N) is 5. The predicted molar refractivity (Wildman–Crippen MR) is 69.8 cm³/mol. The van der Waals surface area contributed by atoms with E-state index in [1.54, 1.807) is 11.8 Å². The van der Waals surface area contributed by atoms with Gasteiger partial charge in [0.05, 0.1) is 24.5 Å². The molecule has 1 aromatic heterocycles. The Morgan fingerprint density at radius 1 is 1.35 bits per heavy atom. The minimum Gasteiger partial charge on any atom is -0.497 e. The Balaban J connectivity index is 1.97. The summed E-state index contributed by atoms with van der Waals surface area (Å²) < 4.78 is 6.96. The molecule has 3 heterocycles. The summed E-state index contributed by atoms with van der Waals surface area (Å²) in [6.45, 7) is 0. The molecule has 0 radical (unpaired) electrons. The van der Waals surface area contributed by atoms with E-state index in [1.165, 1.54) is 0 Å². The Morgan fingerprint density at radius 3 is 3.10 bits per heavy atom. The van der Waals surface area contributed by atoms with Gasteiger partial charge in [-0.2, -0.15) is 4.68 Å². The monoisotopic (exact) mass is 271 g/mol. The quantitative estimate of drug-likeness (QED) is 0.780. The number of hydrogen-bond donors (Lipinski definition) is 0. The van der Waals surface area contributed by atoms with Crippen molar-refractivity contribution < 1.29 is 9.53 Å². The zero-order chi connectivity index (χ0) is 13.7. The number of carbonyl (C=O) groups is 1. The molecule has 7 heteroatoms. The van der Waals surface area contributed by atoms with Crippen LogP contribution in [-0.4, -0.2) is 33.2 Å². The topological polar surface area (TPSA) is 73.1 Å². The molecular formula is C13H13N5O2. The van der Waals surface area contributed by atoms with Gasteiger partial charge in [-0.25, -0.2) is 0 Å². The normalized spacial score (nSPS) is 20.1. The van der Waals surface area contributed by atoms with Gasteiger partial charge in [-0.05, 0) is 35.4 Å². The highest BCUT2D eigenvalue weighted by Gasteiger charge is 2.39. The lowest BCUT2D eigenvalue weighted by molar-refractivity contribution is -0.120. The van der Waals surface area contributed by atoms with Crippen molar-refractivity contribution in [1.29, 1.82) is 0 Å². The van der Waals surface area contributed by atoms with Gasteiger partial charge in [0.15, 0.2) is 5.82 Å². The zero-order valence-electron chi connectivity index (χ0n) is 11.0. The maximum absolute atomic E-state index is 12.3. The molecule has 0 spiro atoms. The van der Waals surface area contributed by atoms with Crippen molar-refractivity contribution in [1.82, 2.24) is 20.2 Å². The molecule has 4 rings (SSSR count). The smallest absolute Gasteiger partial charge is 0.227 e. The number of piperidine rings is 1. The second-order valence-corrected chi connectivity index (χ2v) is 4.98. The van der Waals surface area contributed by atoms with Crippen LogP contribution in [0.3, 0.4) is 0 Å². The van der Waals surface area contributed by atoms with Crippen molar-refractivity contribution in [2.24, 2.45) is 0 Å². The highest BCUT2D eigenvalue weighted by Crippen LogP contribution is 2.43. The van der Waals surface area contributed by atoms with E-state index in [0.29, 0.717) is 12.2 Å². The van der Waals surface area contributed by atoms with Crippen LogP contribution in [0, 0.1) is 0 Å². The fraction of sp³-hybridized carbons (Fsp3) is 0.385. The summed E-state index contributed by atoms with van der Waals surface area (Å²) in [5.74, 6) is 1.56. The molecule has 0 aliphatic carbocycles. The Hall–Kier alpha value is -2.44. The largest absolute Gasteiger partial charge is 0.497 e. The summed E-state index contributed by atoms with van der Waals surface area (Å²) in [5.41, 5.74) is 1.64. The van der Waals surface area contributed by atoms with Gasteiger partial charge in [0, 0.05) is 12.5 Å². The van der Waals surface area contributed by atoms with E-state index in [0.717, 1.165) is 30.0 Å². The first-order valence-corrected chi connectivity index (χ1v) is 6.58.